The van der Waals surface area contributed by atoms with Crippen LogP contribution in [0.5, 0.6) is 0 Å². The van der Waals surface area contributed by atoms with Gasteiger partial charge >= 0.3 is 6.09 Å². The third-order valence-electron chi connectivity index (χ3n) is 4.26. The van der Waals surface area contributed by atoms with Crippen LogP contribution >= 0.6 is 0 Å². The molecule has 3 heterocycles. The lowest BCUT2D eigenvalue weighted by Gasteiger charge is -2.47. The monoisotopic (exact) mass is 318 g/mol. The molecule has 0 aliphatic carbocycles. The van der Waals surface area contributed by atoms with E-state index in [-0.39, 0.29) is 11.5 Å². The fourth-order valence-corrected chi connectivity index (χ4v) is 3.17. The largest absolute Gasteiger partial charge is 0.444 e. The molecular formula is C16H22N4O3. The van der Waals surface area contributed by atoms with Crippen molar-refractivity contribution in [3.05, 3.63) is 17.8 Å². The SMILES string of the molecule is CC(C)(C)OC(=O)N1CC2(CCN(c3ccc(C=O)nn3)C2)C1. The highest BCUT2D eigenvalue weighted by Crippen LogP contribution is 2.41. The predicted molar refractivity (Wildman–Crippen MR) is 84.5 cm³/mol. The van der Waals surface area contributed by atoms with E-state index in [0.29, 0.717) is 12.0 Å². The lowest BCUT2D eigenvalue weighted by Crippen LogP contribution is -2.60. The van der Waals surface area contributed by atoms with Gasteiger partial charge in [0.1, 0.15) is 11.3 Å². The number of ether oxygens (including phenoxy) is 1. The standard InChI is InChI=1S/C16H22N4O3/c1-15(2,3)23-14(22)20-10-16(11-20)6-7-19(9-16)13-5-4-12(8-21)17-18-13/h4-5,8H,6-7,9-11H2,1-3H3. The van der Waals surface area contributed by atoms with Gasteiger partial charge in [0.15, 0.2) is 12.1 Å². The molecule has 1 aromatic rings. The number of hydrogen-bond donors (Lipinski definition) is 0. The molecule has 3 rings (SSSR count). The first-order valence-electron chi connectivity index (χ1n) is 7.82. The van der Waals surface area contributed by atoms with Crippen LogP contribution in [0.4, 0.5) is 10.6 Å². The van der Waals surface area contributed by atoms with Gasteiger partial charge in [0.05, 0.1) is 0 Å². The van der Waals surface area contributed by atoms with Gasteiger partial charge in [0.25, 0.3) is 0 Å². The molecule has 1 amide bonds. The van der Waals surface area contributed by atoms with Crippen molar-refractivity contribution in [3.8, 4) is 0 Å². The van der Waals surface area contributed by atoms with E-state index >= 15 is 0 Å². The molecule has 0 aromatic carbocycles. The highest BCUT2D eigenvalue weighted by atomic mass is 16.6. The number of likely N-dealkylation sites (tertiary alicyclic amines) is 1. The van der Waals surface area contributed by atoms with Crippen LogP contribution < -0.4 is 4.90 Å². The van der Waals surface area contributed by atoms with Crippen LogP contribution in [-0.4, -0.2) is 59.3 Å². The number of hydrogen-bond acceptors (Lipinski definition) is 6. The molecule has 124 valence electrons. The minimum atomic E-state index is -0.461. The zero-order valence-electron chi connectivity index (χ0n) is 13.8. The molecule has 1 aromatic heterocycles. The Balaban J connectivity index is 1.56. The van der Waals surface area contributed by atoms with Gasteiger partial charge in [-0.25, -0.2) is 4.79 Å². The van der Waals surface area contributed by atoms with E-state index in [4.69, 9.17) is 4.74 Å². The van der Waals surface area contributed by atoms with Crippen LogP contribution in [0.3, 0.4) is 0 Å². The van der Waals surface area contributed by atoms with Crippen molar-refractivity contribution < 1.29 is 14.3 Å². The summed E-state index contributed by atoms with van der Waals surface area (Å²) < 4.78 is 5.40. The summed E-state index contributed by atoms with van der Waals surface area (Å²) >= 11 is 0. The van der Waals surface area contributed by atoms with E-state index in [1.807, 2.05) is 26.8 Å². The number of carbonyl (C=O) groups is 2. The Bertz CT molecular complexity index is 603. The Morgan fingerprint density at radius 3 is 2.57 bits per heavy atom. The normalized spacial score (nSPS) is 19.6. The first kappa shape index (κ1) is 15.7. The molecule has 2 aliphatic rings. The van der Waals surface area contributed by atoms with E-state index in [2.05, 4.69) is 15.1 Å². The predicted octanol–water partition coefficient (Wildman–Crippen LogP) is 1.74. The number of amides is 1. The Morgan fingerprint density at radius 2 is 2.00 bits per heavy atom. The second-order valence-corrected chi connectivity index (χ2v) is 7.44. The van der Waals surface area contributed by atoms with Crippen LogP contribution in [-0.2, 0) is 4.74 Å². The molecule has 0 atom stereocenters. The lowest BCUT2D eigenvalue weighted by atomic mass is 9.79. The Hall–Kier alpha value is -2.18. The second-order valence-electron chi connectivity index (χ2n) is 7.44. The van der Waals surface area contributed by atoms with E-state index < -0.39 is 5.60 Å². The third kappa shape index (κ3) is 3.28. The molecule has 2 saturated heterocycles. The van der Waals surface area contributed by atoms with Crippen molar-refractivity contribution in [2.24, 2.45) is 5.41 Å². The number of carbonyl (C=O) groups excluding carboxylic acids is 2. The maximum Gasteiger partial charge on any atom is 0.410 e. The zero-order chi connectivity index (χ0) is 16.7. The van der Waals surface area contributed by atoms with Crippen molar-refractivity contribution in [1.82, 2.24) is 15.1 Å². The summed E-state index contributed by atoms with van der Waals surface area (Å²) in [5.41, 5.74) is 0.00161. The highest BCUT2D eigenvalue weighted by Gasteiger charge is 2.50. The molecule has 0 unspecified atom stereocenters. The minimum Gasteiger partial charge on any atom is -0.444 e. The number of aromatic nitrogens is 2. The van der Waals surface area contributed by atoms with Crippen LogP contribution in [0, 0.1) is 5.41 Å². The topological polar surface area (TPSA) is 75.6 Å². The van der Waals surface area contributed by atoms with Crippen molar-refractivity contribution in [1.29, 1.82) is 0 Å². The molecule has 0 bridgehead atoms. The minimum absolute atomic E-state index is 0.127. The number of anilines is 1. The molecule has 7 heteroatoms. The van der Waals surface area contributed by atoms with Crippen LogP contribution in [0.2, 0.25) is 0 Å². The van der Waals surface area contributed by atoms with E-state index in [9.17, 15) is 9.59 Å². The van der Waals surface area contributed by atoms with Gasteiger partial charge in [-0.3, -0.25) is 4.79 Å². The quantitative estimate of drug-likeness (QED) is 0.773. The van der Waals surface area contributed by atoms with Crippen molar-refractivity contribution >= 4 is 18.2 Å². The molecule has 2 aliphatic heterocycles. The average Bonchev–Trinajstić information content (AvgIpc) is 2.89. The highest BCUT2D eigenvalue weighted by molar-refractivity contribution is 5.71. The Kier molecular flexibility index (Phi) is 3.74. The second kappa shape index (κ2) is 5.47. The number of rotatable bonds is 2. The van der Waals surface area contributed by atoms with Crippen LogP contribution in [0.1, 0.15) is 37.7 Å². The number of aldehydes is 1. The summed E-state index contributed by atoms with van der Waals surface area (Å²) in [4.78, 5) is 26.6. The van der Waals surface area contributed by atoms with Crippen LogP contribution in [0.25, 0.3) is 0 Å². The summed E-state index contributed by atoms with van der Waals surface area (Å²) in [5, 5.41) is 7.97. The fourth-order valence-electron chi connectivity index (χ4n) is 3.17. The van der Waals surface area contributed by atoms with Gasteiger partial charge in [-0.15, -0.1) is 10.2 Å². The maximum absolute atomic E-state index is 12.0. The molecule has 0 saturated carbocycles. The zero-order valence-corrected chi connectivity index (χ0v) is 13.8. The summed E-state index contributed by atoms with van der Waals surface area (Å²) in [5.74, 6) is 0.781. The van der Waals surface area contributed by atoms with Gasteiger partial charge in [-0.05, 0) is 39.3 Å². The van der Waals surface area contributed by atoms with Crippen molar-refractivity contribution in [3.63, 3.8) is 0 Å². The van der Waals surface area contributed by atoms with Crippen LogP contribution in [0.15, 0.2) is 12.1 Å². The number of nitrogens with zero attached hydrogens (tertiary/aromatic N) is 4. The summed E-state index contributed by atoms with van der Waals surface area (Å²) in [7, 11) is 0. The first-order chi connectivity index (χ1) is 10.8. The molecule has 23 heavy (non-hydrogen) atoms. The summed E-state index contributed by atoms with van der Waals surface area (Å²) in [6.45, 7) is 8.80. The van der Waals surface area contributed by atoms with Crippen molar-refractivity contribution in [2.45, 2.75) is 32.8 Å². The molecule has 0 N–H and O–H groups in total. The smallest absolute Gasteiger partial charge is 0.410 e. The Morgan fingerprint density at radius 1 is 1.26 bits per heavy atom. The molecule has 1 spiro atoms. The molecule has 2 fully saturated rings. The van der Waals surface area contributed by atoms with E-state index in [1.165, 1.54) is 0 Å². The van der Waals surface area contributed by atoms with Gasteiger partial charge in [0.2, 0.25) is 0 Å². The summed E-state index contributed by atoms with van der Waals surface area (Å²) in [6, 6.07) is 3.49. The van der Waals surface area contributed by atoms with Gasteiger partial charge in [-0.2, -0.15) is 0 Å². The van der Waals surface area contributed by atoms with E-state index in [0.717, 1.165) is 38.4 Å². The molecule has 0 radical (unpaired) electrons. The summed E-state index contributed by atoms with van der Waals surface area (Å²) in [6.07, 6.45) is 1.47. The first-order valence-corrected chi connectivity index (χ1v) is 7.82. The molecule has 7 nitrogen and oxygen atoms in total. The molecular weight excluding hydrogens is 296 g/mol. The third-order valence-corrected chi connectivity index (χ3v) is 4.26. The fraction of sp³-hybridized carbons (Fsp3) is 0.625. The van der Waals surface area contributed by atoms with Crippen molar-refractivity contribution in [2.75, 3.05) is 31.1 Å². The van der Waals surface area contributed by atoms with E-state index in [1.54, 1.807) is 11.0 Å². The maximum atomic E-state index is 12.0. The van der Waals surface area contributed by atoms with Gasteiger partial charge in [-0.1, -0.05) is 0 Å². The van der Waals surface area contributed by atoms with Gasteiger partial charge < -0.3 is 14.5 Å². The van der Waals surface area contributed by atoms with Gasteiger partial charge in [0, 0.05) is 31.6 Å². The average molecular weight is 318 g/mol. The lowest BCUT2D eigenvalue weighted by molar-refractivity contribution is -0.0266. The Labute approximate surface area is 135 Å².